The molecule has 112 valence electrons. The molecule has 0 aromatic heterocycles. The molecule has 0 saturated heterocycles. The Kier molecular flexibility index (Phi) is 5.28. The van der Waals surface area contributed by atoms with E-state index in [0.29, 0.717) is 29.4 Å². The summed E-state index contributed by atoms with van der Waals surface area (Å²) in [5, 5.41) is 9.77. The highest BCUT2D eigenvalue weighted by Gasteiger charge is 2.30. The van der Waals surface area contributed by atoms with E-state index < -0.39 is 11.4 Å². The van der Waals surface area contributed by atoms with Crippen molar-refractivity contribution in [1.29, 1.82) is 0 Å². The summed E-state index contributed by atoms with van der Waals surface area (Å²) < 4.78 is 10.5. The van der Waals surface area contributed by atoms with Crippen molar-refractivity contribution in [2.45, 2.75) is 33.6 Å². The highest BCUT2D eigenvalue weighted by molar-refractivity contribution is 6.33. The van der Waals surface area contributed by atoms with Crippen molar-refractivity contribution in [3.63, 3.8) is 0 Å². The molecule has 1 rings (SSSR count). The van der Waals surface area contributed by atoms with Crippen LogP contribution in [0.4, 0.5) is 0 Å². The smallest absolute Gasteiger partial charge is 0.309 e. The van der Waals surface area contributed by atoms with Gasteiger partial charge in [0.25, 0.3) is 0 Å². The Morgan fingerprint density at radius 3 is 2.35 bits per heavy atom. The van der Waals surface area contributed by atoms with Gasteiger partial charge in [0.05, 0.1) is 24.7 Å². The number of hydrogen-bond donors (Lipinski definition) is 1. The Balaban J connectivity index is 3.39. The van der Waals surface area contributed by atoms with E-state index in [-0.39, 0.29) is 0 Å². The van der Waals surface area contributed by atoms with Crippen molar-refractivity contribution in [3.05, 3.63) is 22.2 Å². The fraction of sp³-hybridized carbons (Fsp3) is 0.533. The summed E-state index contributed by atoms with van der Waals surface area (Å²) in [6.45, 7) is 5.36. The molecule has 0 aliphatic heterocycles. The zero-order valence-electron chi connectivity index (χ0n) is 12.5. The van der Waals surface area contributed by atoms with Gasteiger partial charge in [0.1, 0.15) is 0 Å². The zero-order valence-corrected chi connectivity index (χ0v) is 13.3. The van der Waals surface area contributed by atoms with E-state index in [4.69, 9.17) is 21.1 Å². The Hall–Kier alpha value is -1.42. The summed E-state index contributed by atoms with van der Waals surface area (Å²) in [6.07, 6.45) is 1.08. The number of carbonyl (C=O) groups is 1. The van der Waals surface area contributed by atoms with Crippen LogP contribution in [0, 0.1) is 5.41 Å². The fourth-order valence-corrected chi connectivity index (χ4v) is 2.56. The maximum absolute atomic E-state index is 11.3. The van der Waals surface area contributed by atoms with E-state index in [0.717, 1.165) is 11.1 Å². The first kappa shape index (κ1) is 16.6. The maximum Gasteiger partial charge on any atom is 0.309 e. The molecule has 1 aromatic carbocycles. The van der Waals surface area contributed by atoms with Gasteiger partial charge < -0.3 is 14.6 Å². The zero-order chi connectivity index (χ0) is 15.5. The van der Waals surface area contributed by atoms with E-state index in [2.05, 4.69) is 0 Å². The molecule has 0 bridgehead atoms. The van der Waals surface area contributed by atoms with Gasteiger partial charge in [-0.2, -0.15) is 0 Å². The van der Waals surface area contributed by atoms with Crippen molar-refractivity contribution in [3.8, 4) is 11.5 Å². The van der Waals surface area contributed by atoms with Gasteiger partial charge in [-0.05, 0) is 43.9 Å². The van der Waals surface area contributed by atoms with Crippen molar-refractivity contribution in [2.75, 3.05) is 14.2 Å². The van der Waals surface area contributed by atoms with Crippen LogP contribution in [-0.2, 0) is 17.6 Å². The second-order valence-electron chi connectivity index (χ2n) is 5.28. The van der Waals surface area contributed by atoms with Gasteiger partial charge in [0.15, 0.2) is 11.5 Å². The third kappa shape index (κ3) is 3.18. The highest BCUT2D eigenvalue weighted by atomic mass is 35.5. The fourth-order valence-electron chi connectivity index (χ4n) is 2.13. The first-order valence-electron chi connectivity index (χ1n) is 6.44. The summed E-state index contributed by atoms with van der Waals surface area (Å²) in [4.78, 5) is 11.3. The molecule has 0 radical (unpaired) electrons. The molecule has 0 unspecified atom stereocenters. The second kappa shape index (κ2) is 6.35. The van der Waals surface area contributed by atoms with Gasteiger partial charge in [0, 0.05) is 0 Å². The molecule has 0 heterocycles. The van der Waals surface area contributed by atoms with Gasteiger partial charge in [-0.25, -0.2) is 0 Å². The molecule has 1 aromatic rings. The third-order valence-electron chi connectivity index (χ3n) is 3.37. The van der Waals surface area contributed by atoms with Gasteiger partial charge in [-0.15, -0.1) is 0 Å². The minimum atomic E-state index is -0.868. The average Bonchev–Trinajstić information content (AvgIpc) is 2.37. The summed E-state index contributed by atoms with van der Waals surface area (Å²) >= 11 is 6.35. The number of methoxy groups -OCH3 is 2. The minimum Gasteiger partial charge on any atom is -0.493 e. The second-order valence-corrected chi connectivity index (χ2v) is 5.66. The van der Waals surface area contributed by atoms with E-state index in [1.165, 1.54) is 14.2 Å². The van der Waals surface area contributed by atoms with Gasteiger partial charge >= 0.3 is 5.97 Å². The number of aliphatic carboxylic acids is 1. The van der Waals surface area contributed by atoms with E-state index in [9.17, 15) is 9.90 Å². The molecular formula is C15H21ClO4. The molecule has 0 fully saturated rings. The molecule has 5 heteroatoms. The van der Waals surface area contributed by atoms with Gasteiger partial charge in [-0.1, -0.05) is 18.5 Å². The molecule has 1 N–H and O–H groups in total. The molecule has 0 saturated carbocycles. The number of rotatable bonds is 6. The monoisotopic (exact) mass is 300 g/mol. The SMILES string of the molecule is CCc1c(CC(C)(C)C(=O)O)cc(OC)c(OC)c1Cl. The minimum absolute atomic E-state index is 0.381. The normalized spacial score (nSPS) is 11.3. The lowest BCUT2D eigenvalue weighted by Crippen LogP contribution is -2.26. The van der Waals surface area contributed by atoms with Crippen LogP contribution in [0.5, 0.6) is 11.5 Å². The Morgan fingerprint density at radius 2 is 1.95 bits per heavy atom. The maximum atomic E-state index is 11.3. The van der Waals surface area contributed by atoms with Crippen LogP contribution in [0.3, 0.4) is 0 Å². The first-order chi connectivity index (χ1) is 9.28. The van der Waals surface area contributed by atoms with Crippen LogP contribution in [0.15, 0.2) is 6.07 Å². The van der Waals surface area contributed by atoms with Crippen LogP contribution in [0.1, 0.15) is 31.9 Å². The lowest BCUT2D eigenvalue weighted by atomic mass is 9.83. The van der Waals surface area contributed by atoms with Crippen molar-refractivity contribution in [2.24, 2.45) is 5.41 Å². The average molecular weight is 301 g/mol. The summed E-state index contributed by atoms with van der Waals surface area (Å²) in [5.41, 5.74) is 0.911. The highest BCUT2D eigenvalue weighted by Crippen LogP contribution is 2.41. The summed E-state index contributed by atoms with van der Waals surface area (Å²) in [5.74, 6) is 0.166. The van der Waals surface area contributed by atoms with E-state index in [1.54, 1.807) is 13.8 Å². The first-order valence-corrected chi connectivity index (χ1v) is 6.81. The lowest BCUT2D eigenvalue weighted by Gasteiger charge is -2.23. The number of hydrogen-bond acceptors (Lipinski definition) is 3. The molecule has 0 aliphatic carbocycles. The quantitative estimate of drug-likeness (QED) is 0.872. The van der Waals surface area contributed by atoms with Crippen LogP contribution in [0.25, 0.3) is 0 Å². The predicted octanol–water partition coefficient (Wildman–Crippen LogP) is 3.57. The summed E-state index contributed by atoms with van der Waals surface area (Å²) in [6, 6.07) is 1.81. The molecule has 0 amide bonds. The van der Waals surface area contributed by atoms with Crippen LogP contribution in [-0.4, -0.2) is 25.3 Å². The number of benzene rings is 1. The van der Waals surface area contributed by atoms with Gasteiger partial charge in [-0.3, -0.25) is 4.79 Å². The number of ether oxygens (including phenoxy) is 2. The molecule has 0 aliphatic rings. The number of carboxylic acids is 1. The Morgan fingerprint density at radius 1 is 1.35 bits per heavy atom. The van der Waals surface area contributed by atoms with Crippen LogP contribution < -0.4 is 9.47 Å². The predicted molar refractivity (Wildman–Crippen MR) is 79.1 cm³/mol. The number of carboxylic acid groups (broad SMARTS) is 1. The Bertz CT molecular complexity index is 509. The van der Waals surface area contributed by atoms with Crippen molar-refractivity contribution in [1.82, 2.24) is 0 Å². The molecule has 0 spiro atoms. The molecule has 4 nitrogen and oxygen atoms in total. The molecular weight excluding hydrogens is 280 g/mol. The van der Waals surface area contributed by atoms with Gasteiger partial charge in [0.2, 0.25) is 0 Å². The number of halogens is 1. The van der Waals surface area contributed by atoms with Crippen LogP contribution in [0.2, 0.25) is 5.02 Å². The largest absolute Gasteiger partial charge is 0.493 e. The standard InChI is InChI=1S/C15H21ClO4/c1-6-10-9(8-15(2,3)14(17)18)7-11(19-4)13(20-5)12(10)16/h7H,6,8H2,1-5H3,(H,17,18). The third-order valence-corrected chi connectivity index (χ3v) is 3.77. The lowest BCUT2D eigenvalue weighted by molar-refractivity contribution is -0.146. The van der Waals surface area contributed by atoms with Crippen molar-refractivity contribution < 1.29 is 19.4 Å². The van der Waals surface area contributed by atoms with Crippen molar-refractivity contribution >= 4 is 17.6 Å². The molecule has 20 heavy (non-hydrogen) atoms. The summed E-state index contributed by atoms with van der Waals surface area (Å²) in [7, 11) is 3.07. The van der Waals surface area contributed by atoms with E-state index >= 15 is 0 Å². The van der Waals surface area contributed by atoms with E-state index in [1.807, 2.05) is 13.0 Å². The Labute approximate surface area is 124 Å². The van der Waals surface area contributed by atoms with Crippen LogP contribution >= 0.6 is 11.6 Å². The topological polar surface area (TPSA) is 55.8 Å². The molecule has 0 atom stereocenters.